The summed E-state index contributed by atoms with van der Waals surface area (Å²) in [6.07, 6.45) is 16.2. The largest absolute Gasteiger partial charge is 0.355 e. The van der Waals surface area contributed by atoms with Gasteiger partial charge in [-0.3, -0.25) is 0 Å². The maximum Gasteiger partial charge on any atom is 0.0725 e. The van der Waals surface area contributed by atoms with Crippen LogP contribution in [0.25, 0.3) is 88.7 Å². The minimum atomic E-state index is 0.765. The maximum atomic E-state index is 5.95. The second kappa shape index (κ2) is 24.6. The van der Waals surface area contributed by atoms with Crippen molar-refractivity contribution in [2.45, 2.75) is 226 Å². The van der Waals surface area contributed by atoms with E-state index in [-0.39, 0.29) is 0 Å². The molecule has 4 aliphatic rings. The first-order valence-electron chi connectivity index (χ1n) is 32.4. The van der Waals surface area contributed by atoms with Gasteiger partial charge in [-0.15, -0.1) is 0 Å². The number of fused-ring (bicyclic) bond motifs is 16. The third-order valence-corrected chi connectivity index (χ3v) is 19.0. The molecule has 82 heavy (non-hydrogen) atoms. The van der Waals surface area contributed by atoms with Crippen LogP contribution in [0, 0.1) is 0 Å². The molecule has 0 spiro atoms. The van der Waals surface area contributed by atoms with Crippen molar-refractivity contribution in [1.29, 1.82) is 0 Å². The van der Waals surface area contributed by atoms with E-state index in [0.29, 0.717) is 0 Å². The maximum absolute atomic E-state index is 5.95. The Hall–Kier alpha value is -6.80. The fourth-order valence-electron chi connectivity index (χ4n) is 15.3. The zero-order chi connectivity index (χ0) is 58.3. The summed E-state index contributed by atoms with van der Waals surface area (Å²) in [7, 11) is 0. The van der Waals surface area contributed by atoms with Crippen LogP contribution in [-0.2, 0) is 64.2 Å². The number of allylic oxidation sites excluding steroid dienone is 8. The van der Waals surface area contributed by atoms with Gasteiger partial charge in [0.05, 0.1) is 45.6 Å². The fourth-order valence-corrected chi connectivity index (χ4v) is 15.3. The average molecular weight is 1100 g/mol. The molecule has 0 saturated heterocycles. The van der Waals surface area contributed by atoms with Crippen molar-refractivity contribution in [2.24, 2.45) is 0 Å². The van der Waals surface area contributed by atoms with Crippen LogP contribution in [0.3, 0.4) is 0 Å². The number of hydrogen-bond acceptors (Lipinski definition) is 4. The van der Waals surface area contributed by atoms with Crippen molar-refractivity contribution in [3.05, 3.63) is 138 Å². The van der Waals surface area contributed by atoms with Gasteiger partial charge in [-0.2, -0.15) is 0 Å². The molecular weight excluding hydrogens is 1000 g/mol. The van der Waals surface area contributed by atoms with E-state index >= 15 is 0 Å². The van der Waals surface area contributed by atoms with E-state index in [1.165, 1.54) is 144 Å². The van der Waals surface area contributed by atoms with Gasteiger partial charge < -0.3 is 19.9 Å². The molecule has 8 heteroatoms. The van der Waals surface area contributed by atoms with Crippen molar-refractivity contribution < 1.29 is 0 Å². The molecule has 0 saturated carbocycles. The molecule has 0 radical (unpaired) electrons. The van der Waals surface area contributed by atoms with E-state index in [1.807, 2.05) is 0 Å². The first-order valence-corrected chi connectivity index (χ1v) is 32.4. The molecule has 6 aromatic rings. The van der Waals surface area contributed by atoms with Gasteiger partial charge >= 0.3 is 0 Å². The number of nitrogens with one attached hydrogen (secondary N) is 4. The molecule has 8 nitrogen and oxygen atoms in total. The van der Waals surface area contributed by atoms with Crippen molar-refractivity contribution in [3.63, 3.8) is 0 Å². The van der Waals surface area contributed by atoms with Gasteiger partial charge in [0.25, 0.3) is 0 Å². The summed E-state index contributed by atoms with van der Waals surface area (Å²) in [4.78, 5) is 39.5. The molecule has 4 aliphatic heterocycles. The second-order valence-corrected chi connectivity index (χ2v) is 22.8. The minimum Gasteiger partial charge on any atom is -0.355 e. The SMILES string of the molecule is CCC1=C(CC)c2cc3[nH]c(cc4[nH]c(c(CCc5c6nc(cc7[nH]c(cc8nc(cc9[nH]c5c(CC)c9CC)C(CC)=C8CC)c(CC)c7CC)C(CC)=C6CC)c5nc(cc1n2)C(CC)=C5CC)c(CC)c4CC)c(CC)c3CC. The number of hydrogen-bond donors (Lipinski definition) is 4. The quantitative estimate of drug-likeness (QED) is 0.0647. The number of H-pyrrole nitrogens is 4. The van der Waals surface area contributed by atoms with Crippen LogP contribution >= 0.6 is 0 Å². The highest BCUT2D eigenvalue weighted by molar-refractivity contribution is 5.99. The topological polar surface area (TPSA) is 115 Å². The summed E-state index contributed by atoms with van der Waals surface area (Å²) in [6.45, 7) is 37.1. The second-order valence-electron chi connectivity index (χ2n) is 22.8. The molecular formula is C74H94N8. The van der Waals surface area contributed by atoms with Crippen molar-refractivity contribution in [2.75, 3.05) is 0 Å². The number of aryl methyl sites for hydroxylation is 10. The lowest BCUT2D eigenvalue weighted by atomic mass is 9.91. The number of rotatable bonds is 19. The third kappa shape index (κ3) is 9.71. The smallest absolute Gasteiger partial charge is 0.0725 e. The highest BCUT2D eigenvalue weighted by Crippen LogP contribution is 2.44. The summed E-state index contributed by atoms with van der Waals surface area (Å²) in [6, 6.07) is 14.3. The lowest BCUT2D eigenvalue weighted by Gasteiger charge is -2.13. The molecule has 6 aromatic heterocycles. The Kier molecular flexibility index (Phi) is 17.5. The van der Waals surface area contributed by atoms with Crippen LogP contribution in [0.2, 0.25) is 0 Å². The van der Waals surface area contributed by atoms with Crippen LogP contribution in [0.5, 0.6) is 0 Å². The summed E-state index contributed by atoms with van der Waals surface area (Å²) in [5.74, 6) is 0. The van der Waals surface area contributed by atoms with Crippen molar-refractivity contribution in [3.8, 4) is 0 Å². The first kappa shape index (κ1) is 58.4. The van der Waals surface area contributed by atoms with Crippen LogP contribution in [-0.4, -0.2) is 39.9 Å². The van der Waals surface area contributed by atoms with E-state index in [2.05, 4.69) is 167 Å². The highest BCUT2D eigenvalue weighted by atomic mass is 14.8. The molecule has 0 atom stereocenters. The van der Waals surface area contributed by atoms with Gasteiger partial charge in [0.15, 0.2) is 0 Å². The van der Waals surface area contributed by atoms with Crippen molar-refractivity contribution in [1.82, 2.24) is 39.9 Å². The van der Waals surface area contributed by atoms with Gasteiger partial charge in [0.2, 0.25) is 0 Å². The predicted octanol–water partition coefficient (Wildman–Crippen LogP) is 20.2. The number of nitrogens with zero attached hydrogens (tertiary/aromatic N) is 4. The Bertz CT molecular complexity index is 3990. The van der Waals surface area contributed by atoms with Crippen LogP contribution in [0.15, 0.2) is 36.4 Å². The minimum absolute atomic E-state index is 0.765. The van der Waals surface area contributed by atoms with E-state index in [1.54, 1.807) is 0 Å². The molecule has 0 fully saturated rings. The monoisotopic (exact) mass is 1090 g/mol. The zero-order valence-corrected chi connectivity index (χ0v) is 53.0. The predicted molar refractivity (Wildman–Crippen MR) is 354 cm³/mol. The Balaban J connectivity index is 1.38. The molecule has 10 heterocycles. The van der Waals surface area contributed by atoms with E-state index in [4.69, 9.17) is 19.9 Å². The lowest BCUT2D eigenvalue weighted by molar-refractivity contribution is 0.937. The Labute approximate surface area is 490 Å². The lowest BCUT2D eigenvalue weighted by Crippen LogP contribution is -2.03. The van der Waals surface area contributed by atoms with Crippen LogP contribution < -0.4 is 0 Å². The zero-order valence-electron chi connectivity index (χ0n) is 53.0. The highest BCUT2D eigenvalue weighted by Gasteiger charge is 2.29. The van der Waals surface area contributed by atoms with Gasteiger partial charge in [0.1, 0.15) is 0 Å². The summed E-state index contributed by atoms with van der Waals surface area (Å²) in [5, 5.41) is 0. The number of aromatic nitrogens is 8. The fraction of sp³-hybridized carbons (Fsp3) is 0.459. The molecule has 0 unspecified atom stereocenters. The van der Waals surface area contributed by atoms with Crippen LogP contribution in [0.4, 0.5) is 0 Å². The molecule has 0 aliphatic carbocycles. The standard InChI is InChI=1S/C74H94N8/c1-17-41-45(21-5)63-37-67-49(25-9)53(29-13)71(79-67)57(72-54(30-14)50(26-10)68(80-72)38-64-46(22-6)42(18-2)60(76-64)35-59(41)75-63)33-34-58-73-55(31-15)51(27-11)69(81-73)39-65-47(23-7)43(19-3)61(77-65)36-62-44(20-4)48(24-8)66(78-62)40-70-52(28-12)56(32-16)74(58)82-70/h35-40,75,77,79,82H,17-34H2,1-16H3. The molecule has 16 bridgehead atoms. The Morgan fingerprint density at radius 3 is 0.756 bits per heavy atom. The third-order valence-electron chi connectivity index (χ3n) is 19.0. The molecule has 0 amide bonds. The average Bonchev–Trinajstić information content (AvgIpc) is 4.57. The molecule has 430 valence electrons. The molecule has 10 rings (SSSR count). The van der Waals surface area contributed by atoms with E-state index in [0.717, 1.165) is 161 Å². The summed E-state index contributed by atoms with van der Waals surface area (Å²) >= 11 is 0. The van der Waals surface area contributed by atoms with Crippen molar-refractivity contribution >= 4 is 88.7 Å². The first-order chi connectivity index (χ1) is 39.9. The van der Waals surface area contributed by atoms with Crippen LogP contribution in [0.1, 0.15) is 263 Å². The Morgan fingerprint density at radius 1 is 0.220 bits per heavy atom. The normalized spacial score (nSPS) is 13.8. The van der Waals surface area contributed by atoms with Gasteiger partial charge in [-0.25, -0.2) is 19.9 Å². The van der Waals surface area contributed by atoms with E-state index < -0.39 is 0 Å². The van der Waals surface area contributed by atoms with E-state index in [9.17, 15) is 0 Å². The summed E-state index contributed by atoms with van der Waals surface area (Å²) < 4.78 is 0. The summed E-state index contributed by atoms with van der Waals surface area (Å²) in [5.41, 5.74) is 42.6. The molecule has 4 N–H and O–H groups in total. The Morgan fingerprint density at radius 2 is 0.451 bits per heavy atom. The van der Waals surface area contributed by atoms with Gasteiger partial charge in [0, 0.05) is 55.3 Å². The number of aromatic amines is 4. The van der Waals surface area contributed by atoms with Gasteiger partial charge in [-0.05, 0) is 241 Å². The molecule has 0 aromatic carbocycles. The van der Waals surface area contributed by atoms with Gasteiger partial charge in [-0.1, -0.05) is 111 Å².